The second-order valence-electron chi connectivity index (χ2n) is 6.49. The van der Waals surface area contributed by atoms with Crippen LogP contribution in [-0.2, 0) is 0 Å². The van der Waals surface area contributed by atoms with Crippen molar-refractivity contribution in [1.29, 1.82) is 0 Å². The third-order valence-corrected chi connectivity index (χ3v) is 3.96. The minimum Gasteiger partial charge on any atom is -0.489 e. The summed E-state index contributed by atoms with van der Waals surface area (Å²) in [5, 5.41) is 14.0. The molecule has 5 nitrogen and oxygen atoms in total. The number of alkyl halides is 2. The van der Waals surface area contributed by atoms with Gasteiger partial charge >= 0.3 is 0 Å². The lowest BCUT2D eigenvalue weighted by atomic mass is 9.77. The molecule has 0 aliphatic heterocycles. The number of hydrogen-bond donors (Lipinski definition) is 1. The number of hydrogen-bond acceptors (Lipinski definition) is 4. The Morgan fingerprint density at radius 2 is 2.13 bits per heavy atom. The molecule has 1 aliphatic rings. The fraction of sp³-hybridized carbons (Fsp3) is 0.500. The Morgan fingerprint density at radius 3 is 2.74 bits per heavy atom. The molecule has 23 heavy (non-hydrogen) atoms. The molecule has 124 valence electrons. The van der Waals surface area contributed by atoms with Crippen molar-refractivity contribution >= 4 is 11.3 Å². The van der Waals surface area contributed by atoms with Crippen LogP contribution in [0.1, 0.15) is 37.0 Å². The van der Waals surface area contributed by atoms with E-state index in [0.29, 0.717) is 16.8 Å². The van der Waals surface area contributed by atoms with Gasteiger partial charge in [-0.05, 0) is 12.1 Å². The maximum atomic E-state index is 12.8. The largest absolute Gasteiger partial charge is 0.489 e. The molecule has 0 amide bonds. The molecule has 0 atom stereocenters. The standard InChI is InChI=1S/C16H18F2N2O3/c1-10(2)14(21)12-5-19-20-6-11(3-4-13(12)20)23-9-15(22)7-16(17,18)8-15/h3-6,10,22H,7-9H2,1-2H3. The Balaban J connectivity index is 1.73. The number of ether oxygens (including phenoxy) is 1. The normalized spacial score (nSPS) is 18.9. The lowest BCUT2D eigenvalue weighted by Gasteiger charge is -2.42. The molecular weight excluding hydrogens is 306 g/mol. The second kappa shape index (κ2) is 5.26. The zero-order valence-electron chi connectivity index (χ0n) is 12.9. The van der Waals surface area contributed by atoms with E-state index in [1.54, 1.807) is 18.3 Å². The van der Waals surface area contributed by atoms with Gasteiger partial charge in [0.1, 0.15) is 18.0 Å². The van der Waals surface area contributed by atoms with E-state index < -0.39 is 24.4 Å². The van der Waals surface area contributed by atoms with Gasteiger partial charge < -0.3 is 9.84 Å². The van der Waals surface area contributed by atoms with E-state index in [2.05, 4.69) is 5.10 Å². The minimum absolute atomic E-state index is 0.000297. The first-order valence-corrected chi connectivity index (χ1v) is 7.44. The van der Waals surface area contributed by atoms with Crippen LogP contribution in [0.5, 0.6) is 5.75 Å². The molecule has 0 spiro atoms. The van der Waals surface area contributed by atoms with Gasteiger partial charge in [-0.2, -0.15) is 5.10 Å². The number of aromatic nitrogens is 2. The number of rotatable bonds is 5. The molecule has 1 N–H and O–H groups in total. The van der Waals surface area contributed by atoms with Crippen LogP contribution in [-0.4, -0.2) is 38.6 Å². The zero-order chi connectivity index (χ0) is 16.8. The quantitative estimate of drug-likeness (QED) is 0.859. The number of nitrogens with zero attached hydrogens (tertiary/aromatic N) is 2. The van der Waals surface area contributed by atoms with Crippen LogP contribution in [0, 0.1) is 5.92 Å². The van der Waals surface area contributed by atoms with Crippen LogP contribution in [0.15, 0.2) is 24.5 Å². The molecule has 1 saturated carbocycles. The lowest BCUT2D eigenvalue weighted by Crippen LogP contribution is -2.55. The molecule has 0 unspecified atom stereocenters. The molecule has 7 heteroatoms. The first-order chi connectivity index (χ1) is 10.7. The van der Waals surface area contributed by atoms with Gasteiger partial charge in [-0.25, -0.2) is 13.3 Å². The first kappa shape index (κ1) is 15.9. The maximum absolute atomic E-state index is 12.8. The SMILES string of the molecule is CC(C)C(=O)c1cnn2cc(OCC3(O)CC(F)(F)C3)ccc12. The molecular formula is C16H18F2N2O3. The van der Waals surface area contributed by atoms with Gasteiger partial charge in [-0.15, -0.1) is 0 Å². The summed E-state index contributed by atoms with van der Waals surface area (Å²) < 4.78 is 32.6. The van der Waals surface area contributed by atoms with E-state index in [9.17, 15) is 18.7 Å². The first-order valence-electron chi connectivity index (χ1n) is 7.44. The maximum Gasteiger partial charge on any atom is 0.253 e. The van der Waals surface area contributed by atoms with Crippen molar-refractivity contribution in [1.82, 2.24) is 9.61 Å². The van der Waals surface area contributed by atoms with Crippen molar-refractivity contribution in [3.63, 3.8) is 0 Å². The topological polar surface area (TPSA) is 63.8 Å². The van der Waals surface area contributed by atoms with Crippen LogP contribution < -0.4 is 4.74 Å². The van der Waals surface area contributed by atoms with E-state index >= 15 is 0 Å². The fourth-order valence-corrected chi connectivity index (χ4v) is 2.78. The third kappa shape index (κ3) is 3.06. The molecule has 1 fully saturated rings. The Labute approximate surface area is 131 Å². The number of aliphatic hydroxyl groups is 1. The highest BCUT2D eigenvalue weighted by molar-refractivity contribution is 6.03. The predicted octanol–water partition coefficient (Wildman–Crippen LogP) is 2.71. The highest BCUT2D eigenvalue weighted by Crippen LogP contribution is 2.45. The highest BCUT2D eigenvalue weighted by atomic mass is 19.3. The molecule has 3 rings (SSSR count). The highest BCUT2D eigenvalue weighted by Gasteiger charge is 2.56. The van der Waals surface area contributed by atoms with Crippen molar-refractivity contribution in [2.45, 2.75) is 38.2 Å². The average molecular weight is 324 g/mol. The Kier molecular flexibility index (Phi) is 3.63. The van der Waals surface area contributed by atoms with Crippen molar-refractivity contribution in [3.8, 4) is 5.75 Å². The average Bonchev–Trinajstić information content (AvgIpc) is 2.85. The monoisotopic (exact) mass is 324 g/mol. The van der Waals surface area contributed by atoms with Crippen LogP contribution >= 0.6 is 0 Å². The van der Waals surface area contributed by atoms with Crippen molar-refractivity contribution in [2.24, 2.45) is 5.92 Å². The van der Waals surface area contributed by atoms with Gasteiger partial charge in [0.25, 0.3) is 5.92 Å². The van der Waals surface area contributed by atoms with Gasteiger partial charge in [0.15, 0.2) is 5.78 Å². The van der Waals surface area contributed by atoms with Crippen LogP contribution in [0.4, 0.5) is 8.78 Å². The summed E-state index contributed by atoms with van der Waals surface area (Å²) >= 11 is 0. The summed E-state index contributed by atoms with van der Waals surface area (Å²) in [5.74, 6) is -2.54. The molecule has 1 aliphatic carbocycles. The smallest absolute Gasteiger partial charge is 0.253 e. The molecule has 0 radical (unpaired) electrons. The van der Waals surface area contributed by atoms with Crippen molar-refractivity contribution in [2.75, 3.05) is 6.61 Å². The fourth-order valence-electron chi connectivity index (χ4n) is 2.78. The molecule has 2 aromatic rings. The molecule has 2 heterocycles. The number of ketones is 1. The number of carbonyl (C=O) groups excluding carboxylic acids is 1. The summed E-state index contributed by atoms with van der Waals surface area (Å²) in [4.78, 5) is 12.1. The summed E-state index contributed by atoms with van der Waals surface area (Å²) in [6.45, 7) is 3.43. The Bertz CT molecular complexity index is 747. The molecule has 0 aromatic carbocycles. The van der Waals surface area contributed by atoms with Crippen LogP contribution in [0.3, 0.4) is 0 Å². The van der Waals surface area contributed by atoms with Gasteiger partial charge in [-0.1, -0.05) is 13.8 Å². The molecule has 0 saturated heterocycles. The Morgan fingerprint density at radius 1 is 1.43 bits per heavy atom. The second-order valence-corrected chi connectivity index (χ2v) is 6.49. The lowest BCUT2D eigenvalue weighted by molar-refractivity contribution is -0.215. The van der Waals surface area contributed by atoms with Gasteiger partial charge in [-0.3, -0.25) is 4.79 Å². The predicted molar refractivity (Wildman–Crippen MR) is 79.0 cm³/mol. The Hall–Kier alpha value is -2.02. The van der Waals surface area contributed by atoms with Gasteiger partial charge in [0.2, 0.25) is 0 Å². The molecule has 2 aromatic heterocycles. The number of fused-ring (bicyclic) bond motifs is 1. The van der Waals surface area contributed by atoms with E-state index in [4.69, 9.17) is 4.74 Å². The van der Waals surface area contributed by atoms with Crippen molar-refractivity contribution < 1.29 is 23.4 Å². The van der Waals surface area contributed by atoms with Crippen LogP contribution in [0.2, 0.25) is 0 Å². The third-order valence-electron chi connectivity index (χ3n) is 3.96. The summed E-state index contributed by atoms with van der Waals surface area (Å²) in [6.07, 6.45) is 1.89. The summed E-state index contributed by atoms with van der Waals surface area (Å²) in [5.41, 5.74) is -0.296. The summed E-state index contributed by atoms with van der Waals surface area (Å²) in [6, 6.07) is 3.33. The number of halogens is 2. The van der Waals surface area contributed by atoms with E-state index in [-0.39, 0.29) is 18.3 Å². The molecule has 0 bridgehead atoms. The van der Waals surface area contributed by atoms with Crippen molar-refractivity contribution in [3.05, 3.63) is 30.1 Å². The van der Waals surface area contributed by atoms with E-state index in [1.807, 2.05) is 13.8 Å². The van der Waals surface area contributed by atoms with Gasteiger partial charge in [0, 0.05) is 18.8 Å². The van der Waals surface area contributed by atoms with Crippen LogP contribution in [0.25, 0.3) is 5.52 Å². The van der Waals surface area contributed by atoms with E-state index in [1.165, 1.54) is 10.7 Å². The summed E-state index contributed by atoms with van der Waals surface area (Å²) in [7, 11) is 0. The minimum atomic E-state index is -2.81. The number of pyridine rings is 1. The van der Waals surface area contributed by atoms with Gasteiger partial charge in [0.05, 0.1) is 23.5 Å². The zero-order valence-corrected chi connectivity index (χ0v) is 12.9. The number of carbonyl (C=O) groups is 1. The number of Topliss-reactive ketones (excluding diaryl/α,β-unsaturated/α-hetero) is 1. The van der Waals surface area contributed by atoms with E-state index in [0.717, 1.165) is 0 Å².